The molecule has 2 aliphatic rings. The second-order valence-electron chi connectivity index (χ2n) is 12.5. The summed E-state index contributed by atoms with van der Waals surface area (Å²) in [5.74, 6) is -1.63. The Morgan fingerprint density at radius 1 is 0.957 bits per heavy atom. The van der Waals surface area contributed by atoms with E-state index in [1.165, 1.54) is 12.1 Å². The summed E-state index contributed by atoms with van der Waals surface area (Å²) in [6.07, 6.45) is -0.630. The number of benzene rings is 3. The maximum absolute atomic E-state index is 15.0. The lowest BCUT2D eigenvalue weighted by atomic mass is 9.84. The van der Waals surface area contributed by atoms with Gasteiger partial charge in [0.15, 0.2) is 5.70 Å². The van der Waals surface area contributed by atoms with E-state index in [9.17, 15) is 22.8 Å². The summed E-state index contributed by atoms with van der Waals surface area (Å²) in [6, 6.07) is 23.4. The highest BCUT2D eigenvalue weighted by atomic mass is 32.2. The van der Waals surface area contributed by atoms with Crippen molar-refractivity contribution in [3.8, 4) is 0 Å². The van der Waals surface area contributed by atoms with E-state index in [1.54, 1.807) is 75.2 Å². The molecule has 10 nitrogen and oxygen atoms in total. The highest BCUT2D eigenvalue weighted by Gasteiger charge is 2.58. The fourth-order valence-electron chi connectivity index (χ4n) is 5.91. The maximum Gasteiger partial charge on any atom is 0.408 e. The molecule has 2 unspecified atom stereocenters. The Morgan fingerprint density at radius 2 is 1.57 bits per heavy atom. The van der Waals surface area contributed by atoms with Gasteiger partial charge in [0.2, 0.25) is 9.84 Å². The van der Waals surface area contributed by atoms with Crippen LogP contribution >= 0.6 is 0 Å². The molecule has 1 fully saturated rings. The van der Waals surface area contributed by atoms with Crippen LogP contribution < -0.4 is 5.32 Å². The molecule has 1 N–H and O–H groups in total. The Bertz CT molecular complexity index is 1750. The average Bonchev–Trinajstić information content (AvgIpc) is 3.36. The second-order valence-corrected chi connectivity index (χ2v) is 14.4. The quantitative estimate of drug-likeness (QED) is 0.330. The van der Waals surface area contributed by atoms with Crippen molar-refractivity contribution in [2.24, 2.45) is 0 Å². The number of rotatable bonds is 8. The molecule has 1 saturated heterocycles. The van der Waals surface area contributed by atoms with Gasteiger partial charge in [0.1, 0.15) is 16.0 Å². The van der Waals surface area contributed by atoms with Crippen LogP contribution in [0.25, 0.3) is 0 Å². The molecule has 0 bridgehead atoms. The van der Waals surface area contributed by atoms with Crippen LogP contribution in [0, 0.1) is 6.92 Å². The molecule has 0 saturated carbocycles. The van der Waals surface area contributed by atoms with Crippen LogP contribution in [0.2, 0.25) is 0 Å². The first-order chi connectivity index (χ1) is 21.8. The van der Waals surface area contributed by atoms with Crippen LogP contribution in [0.4, 0.5) is 4.79 Å². The highest BCUT2D eigenvalue weighted by molar-refractivity contribution is 7.95. The second kappa shape index (κ2) is 12.7. The summed E-state index contributed by atoms with van der Waals surface area (Å²) in [7, 11) is -4.36. The number of hydrogen-bond donors (Lipinski definition) is 1. The number of nitrogens with one attached hydrogen (secondary N) is 1. The van der Waals surface area contributed by atoms with Gasteiger partial charge in [-0.3, -0.25) is 4.79 Å². The SMILES string of the molecule is CCOC(=O)C1=C(S(=O)(=O)c2ccc(C)cc2)C(c2ccccc2)N2CCC(Cc3ccccc3)(NC(=O)OC(C)(C)C)C(=O)N12. The Balaban J connectivity index is 1.73. The van der Waals surface area contributed by atoms with Gasteiger partial charge in [-0.25, -0.2) is 28.0 Å². The minimum absolute atomic E-state index is 0.0215. The first-order valence-corrected chi connectivity index (χ1v) is 16.7. The Morgan fingerprint density at radius 3 is 2.15 bits per heavy atom. The number of carbonyl (C=O) groups is 3. The number of alkyl carbamates (subject to hydrolysis) is 1. The summed E-state index contributed by atoms with van der Waals surface area (Å²) < 4.78 is 40.1. The average molecular weight is 646 g/mol. The Hall–Kier alpha value is -4.48. The van der Waals surface area contributed by atoms with E-state index in [-0.39, 0.29) is 35.8 Å². The number of fused-ring (bicyclic) bond motifs is 1. The lowest BCUT2D eigenvalue weighted by Gasteiger charge is -2.46. The number of carbonyl (C=O) groups excluding carboxylic acids is 3. The van der Waals surface area contributed by atoms with Crippen LogP contribution in [0.3, 0.4) is 0 Å². The zero-order valence-electron chi connectivity index (χ0n) is 26.6. The van der Waals surface area contributed by atoms with Gasteiger partial charge in [0, 0.05) is 13.0 Å². The lowest BCUT2D eigenvalue weighted by Crippen LogP contribution is -2.68. The zero-order valence-corrected chi connectivity index (χ0v) is 27.5. The predicted octanol–water partition coefficient (Wildman–Crippen LogP) is 5.25. The van der Waals surface area contributed by atoms with E-state index in [1.807, 2.05) is 37.3 Å². The van der Waals surface area contributed by atoms with E-state index in [4.69, 9.17) is 9.47 Å². The van der Waals surface area contributed by atoms with E-state index in [2.05, 4.69) is 5.32 Å². The van der Waals surface area contributed by atoms with Crippen molar-refractivity contribution in [2.75, 3.05) is 13.2 Å². The van der Waals surface area contributed by atoms with Crippen LogP contribution in [-0.2, 0) is 35.3 Å². The molecule has 2 heterocycles. The van der Waals surface area contributed by atoms with E-state index in [0.717, 1.165) is 16.1 Å². The number of sulfone groups is 1. The third-order valence-corrected chi connectivity index (χ3v) is 9.80. The number of amides is 2. The van der Waals surface area contributed by atoms with Gasteiger partial charge < -0.3 is 14.8 Å². The Kier molecular flexibility index (Phi) is 9.10. The van der Waals surface area contributed by atoms with Crippen LogP contribution in [0.1, 0.15) is 56.8 Å². The first kappa shape index (κ1) is 32.9. The van der Waals surface area contributed by atoms with Gasteiger partial charge >= 0.3 is 12.1 Å². The smallest absolute Gasteiger partial charge is 0.408 e. The highest BCUT2D eigenvalue weighted by Crippen LogP contribution is 2.48. The predicted molar refractivity (Wildman–Crippen MR) is 172 cm³/mol. The molecule has 11 heteroatoms. The van der Waals surface area contributed by atoms with E-state index >= 15 is 0 Å². The largest absolute Gasteiger partial charge is 0.461 e. The normalized spacial score (nSPS) is 20.3. The summed E-state index contributed by atoms with van der Waals surface area (Å²) in [5, 5.41) is 5.53. The van der Waals surface area contributed by atoms with Gasteiger partial charge in [-0.1, -0.05) is 78.4 Å². The monoisotopic (exact) mass is 645 g/mol. The minimum Gasteiger partial charge on any atom is -0.461 e. The van der Waals surface area contributed by atoms with Crippen molar-refractivity contribution in [1.82, 2.24) is 15.3 Å². The number of ether oxygens (including phenoxy) is 2. The van der Waals surface area contributed by atoms with Crippen molar-refractivity contribution < 1.29 is 32.3 Å². The Labute approximate surface area is 269 Å². The zero-order chi connectivity index (χ0) is 33.3. The van der Waals surface area contributed by atoms with Gasteiger partial charge in [-0.05, 0) is 64.3 Å². The third-order valence-electron chi connectivity index (χ3n) is 7.91. The third kappa shape index (κ3) is 6.43. The van der Waals surface area contributed by atoms with Crippen LogP contribution in [-0.4, -0.2) is 60.7 Å². The molecule has 0 aliphatic carbocycles. The topological polar surface area (TPSA) is 122 Å². The number of nitrogens with zero attached hydrogens (tertiary/aromatic N) is 2. The van der Waals surface area contributed by atoms with Gasteiger partial charge in [0.25, 0.3) is 5.91 Å². The van der Waals surface area contributed by atoms with E-state index in [0.29, 0.717) is 5.56 Å². The molecular weight excluding hydrogens is 606 g/mol. The number of hydrazine groups is 1. The summed E-state index contributed by atoms with van der Waals surface area (Å²) in [4.78, 5) is 41.8. The molecule has 0 aromatic heterocycles. The molecule has 2 aliphatic heterocycles. The molecular formula is C35H39N3O7S. The summed E-state index contributed by atoms with van der Waals surface area (Å²) in [6.45, 7) is 8.67. The van der Waals surface area contributed by atoms with Crippen LogP contribution in [0.5, 0.6) is 0 Å². The standard InChI is InChI=1S/C35H39N3O7S/c1-6-44-31(39)29-30(46(42,43)27-19-17-24(2)18-20-27)28(26-15-11-8-12-16-26)37-22-21-35(32(40)38(29)37,23-25-13-9-7-10-14-25)36-33(41)45-34(3,4)5/h7-20,28H,6,21-23H2,1-5H3,(H,36,41). The fraction of sp³-hybridized carbons (Fsp3) is 0.343. The molecule has 3 aromatic rings. The van der Waals surface area contributed by atoms with Crippen molar-refractivity contribution in [1.29, 1.82) is 0 Å². The molecule has 2 amide bonds. The molecule has 242 valence electrons. The van der Waals surface area contributed by atoms with Gasteiger partial charge in [-0.15, -0.1) is 0 Å². The maximum atomic E-state index is 15.0. The summed E-state index contributed by atoms with van der Waals surface area (Å²) >= 11 is 0. The number of aryl methyl sites for hydroxylation is 1. The van der Waals surface area contributed by atoms with Gasteiger partial charge in [-0.2, -0.15) is 0 Å². The molecule has 0 spiro atoms. The number of esters is 1. The molecule has 0 radical (unpaired) electrons. The molecule has 5 rings (SSSR count). The molecule has 3 aromatic carbocycles. The fourth-order valence-corrected chi connectivity index (χ4v) is 7.63. The van der Waals surface area contributed by atoms with Crippen molar-refractivity contribution in [3.05, 3.63) is 112 Å². The summed E-state index contributed by atoms with van der Waals surface area (Å²) in [5.41, 5.74) is -0.639. The number of hydrogen-bond acceptors (Lipinski definition) is 8. The van der Waals surface area contributed by atoms with Crippen molar-refractivity contribution in [2.45, 2.75) is 69.5 Å². The van der Waals surface area contributed by atoms with Crippen molar-refractivity contribution >= 4 is 27.8 Å². The lowest BCUT2D eigenvalue weighted by molar-refractivity contribution is -0.166. The molecule has 46 heavy (non-hydrogen) atoms. The first-order valence-electron chi connectivity index (χ1n) is 15.2. The minimum atomic E-state index is -4.36. The molecule has 2 atom stereocenters. The van der Waals surface area contributed by atoms with E-state index < -0.39 is 50.7 Å². The van der Waals surface area contributed by atoms with Gasteiger partial charge in [0.05, 0.1) is 17.5 Å². The van der Waals surface area contributed by atoms with Crippen molar-refractivity contribution in [3.63, 3.8) is 0 Å². The van der Waals surface area contributed by atoms with Crippen LogP contribution in [0.15, 0.2) is 100 Å².